The summed E-state index contributed by atoms with van der Waals surface area (Å²) < 4.78 is 4.94. The van der Waals surface area contributed by atoms with Gasteiger partial charge in [-0.2, -0.15) is 0 Å². The minimum Gasteiger partial charge on any atom is -0.481 e. The molecule has 128 valence electrons. The largest absolute Gasteiger partial charge is 0.481 e. The zero-order chi connectivity index (χ0) is 17.8. The number of ether oxygens (including phenoxy) is 1. The molecule has 2 aromatic rings. The van der Waals surface area contributed by atoms with Crippen molar-refractivity contribution in [2.45, 2.75) is 12.5 Å². The summed E-state index contributed by atoms with van der Waals surface area (Å²) in [6.07, 6.45) is 1.25. The Morgan fingerprint density at radius 3 is 2.76 bits per heavy atom. The first-order valence-electron chi connectivity index (χ1n) is 7.57. The molecule has 0 saturated heterocycles. The molecule has 3 N–H and O–H groups in total. The molecular weight excluding hydrogens is 324 g/mol. The lowest BCUT2D eigenvalue weighted by Crippen LogP contribution is -2.43. The van der Waals surface area contributed by atoms with Crippen LogP contribution in [0.2, 0.25) is 0 Å². The fraction of sp³-hybridized carbons (Fsp3) is 0.176. The number of hydrogen-bond acceptors (Lipinski definition) is 5. The smallest absolute Gasteiger partial charge is 0.254 e. The molecule has 1 aliphatic heterocycles. The Morgan fingerprint density at radius 2 is 2.04 bits per heavy atom. The average molecular weight is 340 g/mol. The number of nitrogens with zero attached hydrogens (tertiary/aromatic N) is 1. The molecule has 0 aliphatic carbocycles. The van der Waals surface area contributed by atoms with Gasteiger partial charge in [0.25, 0.3) is 5.91 Å². The fourth-order valence-corrected chi connectivity index (χ4v) is 2.43. The molecule has 0 radical (unpaired) electrons. The second-order valence-electron chi connectivity index (χ2n) is 5.40. The summed E-state index contributed by atoms with van der Waals surface area (Å²) in [5.41, 5.74) is 1.25. The predicted octanol–water partition coefficient (Wildman–Crippen LogP) is 1.17. The van der Waals surface area contributed by atoms with Crippen LogP contribution >= 0.6 is 0 Å². The van der Waals surface area contributed by atoms with Crippen LogP contribution in [0.5, 0.6) is 5.88 Å². The number of carbonyl (C=O) groups is 3. The van der Waals surface area contributed by atoms with E-state index in [1.807, 2.05) is 0 Å². The minimum absolute atomic E-state index is 0.197. The number of para-hydroxylation sites is 1. The van der Waals surface area contributed by atoms with E-state index in [4.69, 9.17) is 4.74 Å². The number of fused-ring (bicyclic) bond motifs is 1. The summed E-state index contributed by atoms with van der Waals surface area (Å²) in [6, 6.07) is 8.93. The van der Waals surface area contributed by atoms with Crippen LogP contribution in [-0.2, 0) is 9.59 Å². The Morgan fingerprint density at radius 1 is 1.24 bits per heavy atom. The number of aromatic nitrogens is 1. The van der Waals surface area contributed by atoms with Gasteiger partial charge in [0.05, 0.1) is 36.7 Å². The summed E-state index contributed by atoms with van der Waals surface area (Å²) in [5, 5.41) is 7.86. The number of rotatable bonds is 4. The topological polar surface area (TPSA) is 109 Å². The van der Waals surface area contributed by atoms with Gasteiger partial charge in [0, 0.05) is 6.07 Å². The zero-order valence-electron chi connectivity index (χ0n) is 13.4. The highest BCUT2D eigenvalue weighted by Crippen LogP contribution is 2.19. The van der Waals surface area contributed by atoms with Gasteiger partial charge in [0.15, 0.2) is 0 Å². The van der Waals surface area contributed by atoms with Crippen molar-refractivity contribution in [2.75, 3.05) is 17.7 Å². The summed E-state index contributed by atoms with van der Waals surface area (Å²) in [4.78, 5) is 40.6. The second kappa shape index (κ2) is 7.00. The standard InChI is InChI=1S/C17H16N4O4/c1-25-15-7-6-10(9-18-15)19-14(22)8-13-17(24)20-12-5-3-2-4-11(12)16(23)21-13/h2-7,9,13H,8H2,1H3,(H,19,22)(H,20,24)(H,21,23)/t13-/m0/s1. The van der Waals surface area contributed by atoms with Crippen molar-refractivity contribution in [2.24, 2.45) is 0 Å². The highest BCUT2D eigenvalue weighted by atomic mass is 16.5. The highest BCUT2D eigenvalue weighted by molar-refractivity contribution is 6.11. The Bertz CT molecular complexity index is 820. The van der Waals surface area contributed by atoms with Crippen molar-refractivity contribution < 1.29 is 19.1 Å². The molecule has 0 bridgehead atoms. The maximum absolute atomic E-state index is 12.3. The summed E-state index contributed by atoms with van der Waals surface area (Å²) in [5.74, 6) is -0.844. The van der Waals surface area contributed by atoms with Crippen LogP contribution in [0, 0.1) is 0 Å². The minimum atomic E-state index is -0.967. The van der Waals surface area contributed by atoms with E-state index in [0.29, 0.717) is 22.8 Å². The molecule has 2 heterocycles. The van der Waals surface area contributed by atoms with E-state index in [0.717, 1.165) is 0 Å². The summed E-state index contributed by atoms with van der Waals surface area (Å²) in [6.45, 7) is 0. The summed E-state index contributed by atoms with van der Waals surface area (Å²) >= 11 is 0. The van der Waals surface area contributed by atoms with Gasteiger partial charge in [0.1, 0.15) is 6.04 Å². The van der Waals surface area contributed by atoms with Gasteiger partial charge in [-0.25, -0.2) is 4.98 Å². The molecule has 8 heteroatoms. The van der Waals surface area contributed by atoms with Crippen LogP contribution in [0.25, 0.3) is 0 Å². The van der Waals surface area contributed by atoms with Crippen LogP contribution in [0.15, 0.2) is 42.6 Å². The van der Waals surface area contributed by atoms with Gasteiger partial charge in [0.2, 0.25) is 17.7 Å². The van der Waals surface area contributed by atoms with E-state index < -0.39 is 23.8 Å². The molecule has 0 spiro atoms. The van der Waals surface area contributed by atoms with E-state index in [9.17, 15) is 14.4 Å². The SMILES string of the molecule is COc1ccc(NC(=O)C[C@@H]2NC(=O)c3ccccc3NC2=O)cn1. The normalized spacial score (nSPS) is 16.1. The molecule has 1 aliphatic rings. The third-order valence-corrected chi connectivity index (χ3v) is 3.67. The lowest BCUT2D eigenvalue weighted by atomic mass is 10.1. The van der Waals surface area contributed by atoms with Crippen LogP contribution < -0.4 is 20.7 Å². The van der Waals surface area contributed by atoms with E-state index in [2.05, 4.69) is 20.9 Å². The molecule has 0 unspecified atom stereocenters. The first kappa shape index (κ1) is 16.4. The number of anilines is 2. The van der Waals surface area contributed by atoms with Crippen molar-refractivity contribution in [3.63, 3.8) is 0 Å². The number of carbonyl (C=O) groups excluding carboxylic acids is 3. The number of methoxy groups -OCH3 is 1. The zero-order valence-corrected chi connectivity index (χ0v) is 13.4. The Kier molecular flexibility index (Phi) is 4.60. The van der Waals surface area contributed by atoms with Crippen LogP contribution in [0.4, 0.5) is 11.4 Å². The molecule has 1 aromatic heterocycles. The van der Waals surface area contributed by atoms with Crippen LogP contribution in [0.3, 0.4) is 0 Å². The Balaban J connectivity index is 1.67. The highest BCUT2D eigenvalue weighted by Gasteiger charge is 2.29. The monoisotopic (exact) mass is 340 g/mol. The number of benzene rings is 1. The number of hydrogen-bond donors (Lipinski definition) is 3. The number of amides is 3. The molecule has 1 aromatic carbocycles. The molecule has 0 fully saturated rings. The van der Waals surface area contributed by atoms with Gasteiger partial charge in [-0.3, -0.25) is 14.4 Å². The quantitative estimate of drug-likeness (QED) is 0.774. The van der Waals surface area contributed by atoms with Gasteiger partial charge in [-0.1, -0.05) is 12.1 Å². The van der Waals surface area contributed by atoms with Gasteiger partial charge in [-0.05, 0) is 18.2 Å². The van der Waals surface area contributed by atoms with Crippen LogP contribution in [-0.4, -0.2) is 35.9 Å². The molecule has 25 heavy (non-hydrogen) atoms. The second-order valence-corrected chi connectivity index (χ2v) is 5.40. The maximum atomic E-state index is 12.3. The van der Waals surface area contributed by atoms with E-state index in [-0.39, 0.29) is 6.42 Å². The maximum Gasteiger partial charge on any atom is 0.254 e. The van der Waals surface area contributed by atoms with Gasteiger partial charge < -0.3 is 20.7 Å². The van der Waals surface area contributed by atoms with E-state index in [1.165, 1.54) is 13.3 Å². The first-order valence-corrected chi connectivity index (χ1v) is 7.57. The Hall–Kier alpha value is -3.42. The van der Waals surface area contributed by atoms with Gasteiger partial charge >= 0.3 is 0 Å². The Labute approximate surface area is 143 Å². The van der Waals surface area contributed by atoms with E-state index in [1.54, 1.807) is 36.4 Å². The molecule has 3 rings (SSSR count). The number of pyridine rings is 1. The van der Waals surface area contributed by atoms with Crippen molar-refractivity contribution in [1.29, 1.82) is 0 Å². The number of nitrogens with one attached hydrogen (secondary N) is 3. The molecule has 1 atom stereocenters. The first-order chi connectivity index (χ1) is 12.1. The van der Waals surface area contributed by atoms with E-state index >= 15 is 0 Å². The van der Waals surface area contributed by atoms with Gasteiger partial charge in [-0.15, -0.1) is 0 Å². The molecule has 0 saturated carbocycles. The van der Waals surface area contributed by atoms with Crippen molar-refractivity contribution in [1.82, 2.24) is 10.3 Å². The lowest BCUT2D eigenvalue weighted by molar-refractivity contribution is -0.122. The molecule has 8 nitrogen and oxygen atoms in total. The molecular formula is C17H16N4O4. The average Bonchev–Trinajstić information content (AvgIpc) is 2.72. The predicted molar refractivity (Wildman–Crippen MR) is 90.4 cm³/mol. The third-order valence-electron chi connectivity index (χ3n) is 3.67. The molecule has 3 amide bonds. The summed E-state index contributed by atoms with van der Waals surface area (Å²) in [7, 11) is 1.49. The third kappa shape index (κ3) is 3.74. The van der Waals surface area contributed by atoms with Crippen LogP contribution in [0.1, 0.15) is 16.8 Å². The van der Waals surface area contributed by atoms with Crippen molar-refractivity contribution in [3.05, 3.63) is 48.2 Å². The van der Waals surface area contributed by atoms with Crippen molar-refractivity contribution in [3.8, 4) is 5.88 Å². The fourth-order valence-electron chi connectivity index (χ4n) is 2.43. The van der Waals surface area contributed by atoms with Crippen molar-refractivity contribution >= 4 is 29.1 Å². The lowest BCUT2D eigenvalue weighted by Gasteiger charge is -2.14.